The summed E-state index contributed by atoms with van der Waals surface area (Å²) in [5, 5.41) is 10.7. The third kappa shape index (κ3) is 3.16. The standard InChI is InChI=1S/C30H31NO4/c1-18(2)30-24-15-23(32)25(27(30)22(16-35-30)14-20-12-10-19(3)11-13-20)26(21-8-6-5-7-9-21)29(24,17-31)28(33)34-4/h5-14,18,24-27H,15-16H2,1-4H3/b22-14+/t24-,25+,26-,27+,29-,30-/m0/s1. The molecule has 0 aromatic heterocycles. The van der Waals surface area contributed by atoms with Crippen LogP contribution in [0.1, 0.15) is 42.9 Å². The van der Waals surface area contributed by atoms with Crippen LogP contribution in [-0.2, 0) is 19.1 Å². The highest BCUT2D eigenvalue weighted by Gasteiger charge is 2.77. The third-order valence-electron chi connectivity index (χ3n) is 8.65. The average Bonchev–Trinajstić information content (AvgIpc) is 3.26. The van der Waals surface area contributed by atoms with E-state index in [9.17, 15) is 14.9 Å². The van der Waals surface area contributed by atoms with Crippen molar-refractivity contribution in [2.24, 2.45) is 29.1 Å². The predicted octanol–water partition coefficient (Wildman–Crippen LogP) is 5.11. The molecule has 2 aromatic carbocycles. The molecule has 35 heavy (non-hydrogen) atoms. The molecular weight excluding hydrogens is 438 g/mol. The van der Waals surface area contributed by atoms with E-state index < -0.39 is 34.7 Å². The van der Waals surface area contributed by atoms with Gasteiger partial charge in [0.15, 0.2) is 5.41 Å². The molecule has 5 nitrogen and oxygen atoms in total. The minimum Gasteiger partial charge on any atom is -0.468 e. The molecule has 1 heterocycles. The van der Waals surface area contributed by atoms with Gasteiger partial charge in [0.2, 0.25) is 0 Å². The van der Waals surface area contributed by atoms with E-state index in [0.29, 0.717) is 6.61 Å². The van der Waals surface area contributed by atoms with Gasteiger partial charge in [-0.2, -0.15) is 5.26 Å². The Hall–Kier alpha value is -3.23. The molecule has 0 amide bonds. The number of carbonyl (C=O) groups excluding carboxylic acids is 2. The summed E-state index contributed by atoms with van der Waals surface area (Å²) in [6, 6.07) is 20.2. The first-order valence-corrected chi connectivity index (χ1v) is 12.3. The van der Waals surface area contributed by atoms with Gasteiger partial charge in [-0.25, -0.2) is 0 Å². The van der Waals surface area contributed by atoms with Gasteiger partial charge in [0.1, 0.15) is 5.78 Å². The number of fused-ring (bicyclic) bond motifs is 2. The lowest BCUT2D eigenvalue weighted by molar-refractivity contribution is -0.214. The number of aryl methyl sites for hydroxylation is 1. The Bertz CT molecular complexity index is 1230. The van der Waals surface area contributed by atoms with Crippen molar-refractivity contribution in [3.63, 3.8) is 0 Å². The Morgan fingerprint density at radius 2 is 1.83 bits per heavy atom. The van der Waals surface area contributed by atoms with Crippen molar-refractivity contribution in [3.05, 3.63) is 76.9 Å². The van der Waals surface area contributed by atoms with Gasteiger partial charge in [-0.3, -0.25) is 9.59 Å². The van der Waals surface area contributed by atoms with E-state index in [1.807, 2.05) is 30.3 Å². The summed E-state index contributed by atoms with van der Waals surface area (Å²) in [6.45, 7) is 6.58. The second kappa shape index (κ2) is 8.46. The molecule has 1 saturated heterocycles. The fourth-order valence-corrected chi connectivity index (χ4v) is 7.28. The number of hydrogen-bond acceptors (Lipinski definition) is 5. The zero-order valence-electron chi connectivity index (χ0n) is 20.7. The molecule has 5 heteroatoms. The van der Waals surface area contributed by atoms with Crippen molar-refractivity contribution < 1.29 is 19.1 Å². The summed E-state index contributed by atoms with van der Waals surface area (Å²) in [5.41, 5.74) is 1.81. The highest BCUT2D eigenvalue weighted by atomic mass is 16.5. The van der Waals surface area contributed by atoms with Gasteiger partial charge in [0.05, 0.1) is 25.4 Å². The Balaban J connectivity index is 1.77. The number of benzene rings is 2. The summed E-state index contributed by atoms with van der Waals surface area (Å²) in [5.74, 6) is -2.47. The molecule has 1 aliphatic heterocycles. The van der Waals surface area contributed by atoms with E-state index in [-0.39, 0.29) is 24.0 Å². The molecule has 0 unspecified atom stereocenters. The second-order valence-electron chi connectivity index (χ2n) is 10.5. The Morgan fingerprint density at radius 3 is 2.43 bits per heavy atom. The number of ketones is 1. The lowest BCUT2D eigenvalue weighted by Crippen LogP contribution is -2.71. The van der Waals surface area contributed by atoms with Gasteiger partial charge in [-0.15, -0.1) is 0 Å². The number of ether oxygens (including phenoxy) is 2. The van der Waals surface area contributed by atoms with Gasteiger partial charge < -0.3 is 9.47 Å². The van der Waals surface area contributed by atoms with Crippen molar-refractivity contribution in [2.75, 3.05) is 13.7 Å². The van der Waals surface area contributed by atoms with Crippen molar-refractivity contribution in [1.82, 2.24) is 0 Å². The van der Waals surface area contributed by atoms with Crippen LogP contribution in [-0.4, -0.2) is 31.1 Å². The van der Waals surface area contributed by atoms with Crippen LogP contribution in [0.3, 0.4) is 0 Å². The van der Waals surface area contributed by atoms with Gasteiger partial charge in [-0.1, -0.05) is 80.1 Å². The maximum absolute atomic E-state index is 13.8. The zero-order valence-corrected chi connectivity index (χ0v) is 20.7. The maximum Gasteiger partial charge on any atom is 0.327 e. The zero-order chi connectivity index (χ0) is 25.0. The molecule has 2 aromatic rings. The van der Waals surface area contributed by atoms with Crippen LogP contribution in [0.15, 0.2) is 60.2 Å². The average molecular weight is 470 g/mol. The Labute approximate surface area is 206 Å². The van der Waals surface area contributed by atoms with Crippen LogP contribution in [0, 0.1) is 47.3 Å². The van der Waals surface area contributed by atoms with E-state index >= 15 is 0 Å². The van der Waals surface area contributed by atoms with Crippen LogP contribution in [0.5, 0.6) is 0 Å². The molecule has 2 bridgehead atoms. The molecule has 0 radical (unpaired) electrons. The lowest BCUT2D eigenvalue weighted by atomic mass is 9.39. The maximum atomic E-state index is 13.8. The van der Waals surface area contributed by atoms with Crippen molar-refractivity contribution >= 4 is 17.8 Å². The van der Waals surface area contributed by atoms with E-state index in [2.05, 4.69) is 57.2 Å². The molecule has 180 valence electrons. The fraction of sp³-hybridized carbons (Fsp3) is 0.433. The normalized spacial score (nSPS) is 34.6. The van der Waals surface area contributed by atoms with Crippen molar-refractivity contribution in [1.29, 1.82) is 5.26 Å². The molecule has 4 fully saturated rings. The van der Waals surface area contributed by atoms with E-state index in [1.165, 1.54) is 12.7 Å². The molecule has 6 rings (SSSR count). The molecule has 3 saturated carbocycles. The Kier molecular flexibility index (Phi) is 5.68. The Morgan fingerprint density at radius 1 is 1.14 bits per heavy atom. The fourth-order valence-electron chi connectivity index (χ4n) is 7.28. The van der Waals surface area contributed by atoms with E-state index in [1.54, 1.807) is 0 Å². The summed E-state index contributed by atoms with van der Waals surface area (Å²) >= 11 is 0. The smallest absolute Gasteiger partial charge is 0.327 e. The first kappa shape index (κ1) is 23.5. The number of nitriles is 1. The number of rotatable bonds is 4. The molecular formula is C30H31NO4. The highest BCUT2D eigenvalue weighted by molar-refractivity contribution is 5.93. The quantitative estimate of drug-likeness (QED) is 0.582. The molecule has 0 spiro atoms. The second-order valence-corrected chi connectivity index (χ2v) is 10.5. The van der Waals surface area contributed by atoms with Gasteiger partial charge in [0.25, 0.3) is 0 Å². The first-order valence-electron chi connectivity index (χ1n) is 12.3. The molecule has 4 aliphatic rings. The van der Waals surface area contributed by atoms with Gasteiger partial charge in [-0.05, 0) is 29.5 Å². The molecule has 6 atom stereocenters. The third-order valence-corrected chi connectivity index (χ3v) is 8.65. The van der Waals surface area contributed by atoms with Crippen molar-refractivity contribution in [3.8, 4) is 6.07 Å². The van der Waals surface area contributed by atoms with Crippen LogP contribution < -0.4 is 0 Å². The van der Waals surface area contributed by atoms with Gasteiger partial charge >= 0.3 is 5.97 Å². The SMILES string of the molecule is COC(=O)[C@]1(C#N)[C@@H](c2ccccc2)[C@H]2C(=O)C[C@@H]1[C@]1(C(C)C)OC/C(=C\c3ccc(C)cc3)[C@H]21. The van der Waals surface area contributed by atoms with Gasteiger partial charge in [0, 0.05) is 30.1 Å². The largest absolute Gasteiger partial charge is 0.468 e. The number of methoxy groups -OCH3 is 1. The van der Waals surface area contributed by atoms with E-state index in [0.717, 1.165) is 16.7 Å². The minimum absolute atomic E-state index is 0.00822. The van der Waals surface area contributed by atoms with Crippen LogP contribution in [0.25, 0.3) is 6.08 Å². The highest BCUT2D eigenvalue weighted by Crippen LogP contribution is 2.70. The predicted molar refractivity (Wildman–Crippen MR) is 132 cm³/mol. The van der Waals surface area contributed by atoms with Crippen LogP contribution >= 0.6 is 0 Å². The number of Topliss-reactive ketones (excluding diaryl/α,β-unsaturated/α-hetero) is 1. The monoisotopic (exact) mass is 469 g/mol. The molecule has 3 aliphatic carbocycles. The van der Waals surface area contributed by atoms with Crippen molar-refractivity contribution in [2.45, 2.75) is 38.7 Å². The first-order chi connectivity index (χ1) is 16.8. The summed E-state index contributed by atoms with van der Waals surface area (Å²) < 4.78 is 11.9. The van der Waals surface area contributed by atoms with E-state index in [4.69, 9.17) is 9.47 Å². The number of nitrogens with zero attached hydrogens (tertiary/aromatic N) is 1. The summed E-state index contributed by atoms with van der Waals surface area (Å²) in [6.07, 6.45) is 2.28. The van der Waals surface area contributed by atoms with Crippen LogP contribution in [0.4, 0.5) is 0 Å². The summed E-state index contributed by atoms with van der Waals surface area (Å²) in [4.78, 5) is 27.3. The number of esters is 1. The summed E-state index contributed by atoms with van der Waals surface area (Å²) in [7, 11) is 1.32. The topological polar surface area (TPSA) is 76.4 Å². The van der Waals surface area contributed by atoms with Crippen LogP contribution in [0.2, 0.25) is 0 Å². The minimum atomic E-state index is -1.51. The molecule has 0 N–H and O–H groups in total. The number of hydrogen-bond donors (Lipinski definition) is 0. The number of carbonyl (C=O) groups is 2. The lowest BCUT2D eigenvalue weighted by Gasteiger charge is -2.62.